The quantitative estimate of drug-likeness (QED) is 0.399. The molecule has 0 unspecified atom stereocenters. The number of nitro benzene ring substituents is 1. The molecule has 12 heteroatoms. The summed E-state index contributed by atoms with van der Waals surface area (Å²) in [6.07, 6.45) is 1.27. The second-order valence-electron chi connectivity index (χ2n) is 5.48. The van der Waals surface area contributed by atoms with E-state index in [1.807, 2.05) is 0 Å². The summed E-state index contributed by atoms with van der Waals surface area (Å²) in [6.45, 7) is -0.511. The Balaban J connectivity index is 2.00. The van der Waals surface area contributed by atoms with Gasteiger partial charge in [-0.3, -0.25) is 14.9 Å². The summed E-state index contributed by atoms with van der Waals surface area (Å²) in [5, 5.41) is 14.4. The summed E-state index contributed by atoms with van der Waals surface area (Å²) in [6, 6.07) is 9.47. The third kappa shape index (κ3) is 5.49. The fraction of sp³-hybridized carbons (Fsp3) is 0.125. The van der Waals surface area contributed by atoms with Crippen LogP contribution in [0.4, 0.5) is 5.69 Å². The summed E-state index contributed by atoms with van der Waals surface area (Å²) in [7, 11) is -2.82. The van der Waals surface area contributed by atoms with Gasteiger partial charge in [0.05, 0.1) is 22.7 Å². The van der Waals surface area contributed by atoms with Crippen molar-refractivity contribution in [2.45, 2.75) is 4.90 Å². The monoisotopic (exact) mass is 444 g/mol. The van der Waals surface area contributed by atoms with Crippen LogP contribution >= 0.6 is 23.2 Å². The number of non-ortho nitro benzene ring substituents is 1. The van der Waals surface area contributed by atoms with E-state index in [1.54, 1.807) is 0 Å². The highest BCUT2D eigenvalue weighted by molar-refractivity contribution is 7.89. The van der Waals surface area contributed by atoms with Gasteiger partial charge in [-0.2, -0.15) is 9.41 Å². The molecule has 0 fully saturated rings. The summed E-state index contributed by atoms with van der Waals surface area (Å²) >= 11 is 11.7. The Labute approximate surface area is 170 Å². The number of nitrogens with one attached hydrogen (secondary N) is 1. The number of hydrogen-bond acceptors (Lipinski definition) is 6. The van der Waals surface area contributed by atoms with Crippen LogP contribution in [0.15, 0.2) is 52.5 Å². The van der Waals surface area contributed by atoms with E-state index < -0.39 is 27.4 Å². The lowest BCUT2D eigenvalue weighted by molar-refractivity contribution is -0.384. The Bertz CT molecular complexity index is 1030. The number of carbonyl (C=O) groups excluding carboxylic acids is 1. The topological polar surface area (TPSA) is 122 Å². The number of hydrazone groups is 1. The van der Waals surface area contributed by atoms with Gasteiger partial charge in [0, 0.05) is 24.2 Å². The van der Waals surface area contributed by atoms with E-state index in [-0.39, 0.29) is 20.6 Å². The molecule has 1 N–H and O–H groups in total. The van der Waals surface area contributed by atoms with Crippen LogP contribution in [0.2, 0.25) is 10.0 Å². The lowest BCUT2D eigenvalue weighted by Crippen LogP contribution is -2.36. The van der Waals surface area contributed by atoms with Crippen LogP contribution in [0.3, 0.4) is 0 Å². The summed E-state index contributed by atoms with van der Waals surface area (Å²) in [4.78, 5) is 21.8. The number of benzene rings is 2. The average Bonchev–Trinajstić information content (AvgIpc) is 2.64. The van der Waals surface area contributed by atoms with Crippen LogP contribution < -0.4 is 5.43 Å². The molecule has 0 aliphatic carbocycles. The van der Waals surface area contributed by atoms with E-state index in [4.69, 9.17) is 23.2 Å². The van der Waals surface area contributed by atoms with Gasteiger partial charge in [0.2, 0.25) is 10.0 Å². The van der Waals surface area contributed by atoms with Crippen LogP contribution in [0.1, 0.15) is 5.56 Å². The van der Waals surface area contributed by atoms with Gasteiger partial charge < -0.3 is 0 Å². The first kappa shape index (κ1) is 21.8. The molecule has 9 nitrogen and oxygen atoms in total. The number of nitro groups is 1. The van der Waals surface area contributed by atoms with Gasteiger partial charge in [0.1, 0.15) is 4.90 Å². The maximum Gasteiger partial charge on any atom is 0.269 e. The van der Waals surface area contributed by atoms with E-state index in [2.05, 4.69) is 10.5 Å². The number of amides is 1. The normalized spacial score (nSPS) is 11.7. The van der Waals surface area contributed by atoms with Crippen molar-refractivity contribution < 1.29 is 18.1 Å². The molecule has 0 aliphatic heterocycles. The molecule has 2 aromatic rings. The number of likely N-dealkylation sites (N-methyl/N-ethyl adjacent to an activating group) is 1. The third-order valence-electron chi connectivity index (χ3n) is 3.45. The highest BCUT2D eigenvalue weighted by atomic mass is 35.5. The molecule has 28 heavy (non-hydrogen) atoms. The Morgan fingerprint density at radius 3 is 2.50 bits per heavy atom. The van der Waals surface area contributed by atoms with Crippen molar-refractivity contribution in [1.82, 2.24) is 9.73 Å². The van der Waals surface area contributed by atoms with Crippen molar-refractivity contribution in [1.29, 1.82) is 0 Å². The molecule has 0 aromatic heterocycles. The zero-order valence-electron chi connectivity index (χ0n) is 14.4. The van der Waals surface area contributed by atoms with Crippen molar-refractivity contribution in [3.05, 3.63) is 68.2 Å². The molecule has 148 valence electrons. The molecular weight excluding hydrogens is 431 g/mol. The molecule has 0 aliphatic rings. The highest BCUT2D eigenvalue weighted by Crippen LogP contribution is 2.27. The number of halogens is 2. The van der Waals surface area contributed by atoms with E-state index in [0.29, 0.717) is 5.56 Å². The minimum Gasteiger partial charge on any atom is -0.272 e. The Morgan fingerprint density at radius 1 is 1.25 bits per heavy atom. The van der Waals surface area contributed by atoms with E-state index in [1.165, 1.54) is 55.7 Å². The molecule has 2 aromatic carbocycles. The zero-order chi connectivity index (χ0) is 20.9. The number of hydrogen-bond donors (Lipinski definition) is 1. The Morgan fingerprint density at radius 2 is 1.89 bits per heavy atom. The van der Waals surface area contributed by atoms with Crippen molar-refractivity contribution >= 4 is 51.0 Å². The van der Waals surface area contributed by atoms with Crippen LogP contribution in [0.5, 0.6) is 0 Å². The first-order chi connectivity index (χ1) is 13.1. The Kier molecular flexibility index (Phi) is 7.08. The van der Waals surface area contributed by atoms with Crippen molar-refractivity contribution in [3.63, 3.8) is 0 Å². The van der Waals surface area contributed by atoms with Crippen molar-refractivity contribution in [2.24, 2.45) is 5.10 Å². The smallest absolute Gasteiger partial charge is 0.269 e. The minimum absolute atomic E-state index is 0.0205. The maximum atomic E-state index is 12.5. The molecule has 0 spiro atoms. The molecular formula is C16H14Cl2N4O5S. The lowest BCUT2D eigenvalue weighted by Gasteiger charge is -2.17. The SMILES string of the molecule is CN(CC(=O)N/N=C\c1ccc([N+](=O)[O-])cc1)S(=O)(=O)c1cc(Cl)ccc1Cl. The van der Waals surface area contributed by atoms with E-state index in [0.717, 1.165) is 4.31 Å². The van der Waals surface area contributed by atoms with Gasteiger partial charge in [-0.1, -0.05) is 23.2 Å². The van der Waals surface area contributed by atoms with Crippen LogP contribution in [-0.2, 0) is 14.8 Å². The van der Waals surface area contributed by atoms with Gasteiger partial charge in [0.15, 0.2) is 0 Å². The summed E-state index contributed by atoms with van der Waals surface area (Å²) in [5.74, 6) is -0.692. The molecule has 0 atom stereocenters. The lowest BCUT2D eigenvalue weighted by atomic mass is 10.2. The second-order valence-corrected chi connectivity index (χ2v) is 8.33. The Hall–Kier alpha value is -2.53. The maximum absolute atomic E-state index is 12.5. The van der Waals surface area contributed by atoms with Gasteiger partial charge in [0.25, 0.3) is 11.6 Å². The fourth-order valence-corrected chi connectivity index (χ4v) is 3.89. The van der Waals surface area contributed by atoms with Gasteiger partial charge in [-0.25, -0.2) is 13.8 Å². The third-order valence-corrected chi connectivity index (χ3v) is 5.97. The molecule has 1 amide bonds. The van der Waals surface area contributed by atoms with Crippen LogP contribution in [0, 0.1) is 10.1 Å². The fourth-order valence-electron chi connectivity index (χ4n) is 2.03. The van der Waals surface area contributed by atoms with Crippen molar-refractivity contribution in [2.75, 3.05) is 13.6 Å². The molecule has 0 radical (unpaired) electrons. The average molecular weight is 445 g/mol. The summed E-state index contributed by atoms with van der Waals surface area (Å²) < 4.78 is 25.9. The molecule has 0 heterocycles. The number of nitrogens with zero attached hydrogens (tertiary/aromatic N) is 3. The standard InChI is InChI=1S/C16H14Cl2N4O5S/c1-21(28(26,27)15-8-12(17)4-7-14(15)18)10-16(23)20-19-9-11-2-5-13(6-3-11)22(24)25/h2-9H,10H2,1H3,(H,20,23)/b19-9-. The van der Waals surface area contributed by atoms with Crippen molar-refractivity contribution in [3.8, 4) is 0 Å². The minimum atomic E-state index is -4.04. The molecule has 0 bridgehead atoms. The number of sulfonamides is 1. The van der Waals surface area contributed by atoms with E-state index in [9.17, 15) is 23.3 Å². The number of carbonyl (C=O) groups is 1. The second kappa shape index (κ2) is 9.11. The predicted molar refractivity (Wildman–Crippen MR) is 105 cm³/mol. The first-order valence-electron chi connectivity index (χ1n) is 7.59. The van der Waals surface area contributed by atoms with E-state index >= 15 is 0 Å². The van der Waals surface area contributed by atoms with Gasteiger partial charge in [-0.15, -0.1) is 0 Å². The predicted octanol–water partition coefficient (Wildman–Crippen LogP) is 2.67. The van der Waals surface area contributed by atoms with Crippen LogP contribution in [0.25, 0.3) is 0 Å². The van der Waals surface area contributed by atoms with Gasteiger partial charge >= 0.3 is 0 Å². The largest absolute Gasteiger partial charge is 0.272 e. The molecule has 0 saturated heterocycles. The number of rotatable bonds is 7. The highest BCUT2D eigenvalue weighted by Gasteiger charge is 2.25. The first-order valence-corrected chi connectivity index (χ1v) is 9.78. The zero-order valence-corrected chi connectivity index (χ0v) is 16.7. The molecule has 2 rings (SSSR count). The van der Waals surface area contributed by atoms with Crippen LogP contribution in [-0.4, -0.2) is 43.4 Å². The van der Waals surface area contributed by atoms with Gasteiger partial charge in [-0.05, 0) is 35.9 Å². The molecule has 0 saturated carbocycles. The summed E-state index contributed by atoms with van der Waals surface area (Å²) in [5.41, 5.74) is 2.62.